The fraction of sp³-hybridized carbons (Fsp3) is 0.471. The minimum atomic E-state index is -0.227. The van der Waals surface area contributed by atoms with Gasteiger partial charge in [-0.25, -0.2) is 4.39 Å². The molecule has 112 valence electrons. The van der Waals surface area contributed by atoms with Crippen molar-refractivity contribution in [3.63, 3.8) is 0 Å². The number of anilines is 1. The molecule has 21 heavy (non-hydrogen) atoms. The number of nitrogens with two attached hydrogens (primary N) is 1. The van der Waals surface area contributed by atoms with E-state index in [2.05, 4.69) is 29.8 Å². The van der Waals surface area contributed by atoms with E-state index in [4.69, 9.17) is 5.73 Å². The molecule has 0 bridgehead atoms. The second kappa shape index (κ2) is 5.51. The maximum Gasteiger partial charge on any atom is 0.196 e. The highest BCUT2D eigenvalue weighted by Gasteiger charge is 2.35. The highest BCUT2D eigenvalue weighted by Crippen LogP contribution is 2.35. The molecule has 0 saturated heterocycles. The number of hydrogen-bond acceptors (Lipinski definition) is 3. The highest BCUT2D eigenvalue weighted by atomic mass is 19.1. The Balaban J connectivity index is 1.85. The molecule has 0 fully saturated rings. The summed E-state index contributed by atoms with van der Waals surface area (Å²) in [4.78, 5) is 6.51. The Morgan fingerprint density at radius 1 is 1.29 bits per heavy atom. The number of allylic oxidation sites excluding steroid dienone is 2. The minimum absolute atomic E-state index is 0.227. The third-order valence-corrected chi connectivity index (χ3v) is 4.50. The van der Waals surface area contributed by atoms with Gasteiger partial charge in [-0.3, -0.25) is 4.99 Å². The van der Waals surface area contributed by atoms with Gasteiger partial charge in [-0.2, -0.15) is 0 Å². The topological polar surface area (TPSA) is 41.6 Å². The highest BCUT2D eigenvalue weighted by molar-refractivity contribution is 5.97. The van der Waals surface area contributed by atoms with E-state index in [0.717, 1.165) is 25.1 Å². The lowest BCUT2D eigenvalue weighted by molar-refractivity contribution is 0.350. The van der Waals surface area contributed by atoms with Gasteiger partial charge in [0.25, 0.3) is 0 Å². The first kappa shape index (κ1) is 14.1. The zero-order chi connectivity index (χ0) is 15.0. The van der Waals surface area contributed by atoms with Crippen LogP contribution in [-0.4, -0.2) is 18.5 Å². The van der Waals surface area contributed by atoms with Crippen LogP contribution in [0.1, 0.15) is 26.7 Å². The fourth-order valence-corrected chi connectivity index (χ4v) is 3.69. The van der Waals surface area contributed by atoms with E-state index in [9.17, 15) is 4.39 Å². The average Bonchev–Trinajstić information content (AvgIpc) is 2.80. The van der Waals surface area contributed by atoms with Gasteiger partial charge in [0.15, 0.2) is 5.96 Å². The Morgan fingerprint density at radius 3 is 2.67 bits per heavy atom. The minimum Gasteiger partial charge on any atom is -0.370 e. The summed E-state index contributed by atoms with van der Waals surface area (Å²) in [6, 6.07) is 6.80. The molecule has 3 nitrogen and oxygen atoms in total. The van der Waals surface area contributed by atoms with Crippen molar-refractivity contribution in [3.8, 4) is 0 Å². The van der Waals surface area contributed by atoms with Crippen LogP contribution in [0.25, 0.3) is 0 Å². The molecule has 0 radical (unpaired) electrons. The maximum atomic E-state index is 13.1. The Kier molecular flexibility index (Phi) is 3.70. The first-order valence-electron chi connectivity index (χ1n) is 7.56. The molecule has 0 saturated carbocycles. The Morgan fingerprint density at radius 2 is 2.00 bits per heavy atom. The van der Waals surface area contributed by atoms with Crippen LogP contribution in [0.3, 0.4) is 0 Å². The van der Waals surface area contributed by atoms with Gasteiger partial charge >= 0.3 is 0 Å². The van der Waals surface area contributed by atoms with Crippen LogP contribution in [0.15, 0.2) is 40.9 Å². The summed E-state index contributed by atoms with van der Waals surface area (Å²) in [6.07, 6.45) is 4.61. The van der Waals surface area contributed by atoms with Crippen molar-refractivity contribution < 1.29 is 4.39 Å². The molecule has 4 heteroatoms. The van der Waals surface area contributed by atoms with Crippen LogP contribution in [0.5, 0.6) is 0 Å². The van der Waals surface area contributed by atoms with Crippen LogP contribution in [0.2, 0.25) is 0 Å². The summed E-state index contributed by atoms with van der Waals surface area (Å²) >= 11 is 0. The van der Waals surface area contributed by atoms with Gasteiger partial charge in [-0.1, -0.05) is 18.6 Å². The van der Waals surface area contributed by atoms with Gasteiger partial charge in [0.1, 0.15) is 5.82 Å². The van der Waals surface area contributed by atoms with Crippen LogP contribution < -0.4 is 10.6 Å². The molecule has 1 heterocycles. The van der Waals surface area contributed by atoms with E-state index in [1.165, 1.54) is 17.7 Å². The van der Waals surface area contributed by atoms with E-state index in [-0.39, 0.29) is 11.9 Å². The lowest BCUT2D eigenvalue weighted by atomic mass is 9.79. The number of halogens is 1. The number of guanidine groups is 1. The summed E-state index contributed by atoms with van der Waals surface area (Å²) in [5, 5.41) is 0. The second-order valence-corrected chi connectivity index (χ2v) is 6.30. The van der Waals surface area contributed by atoms with E-state index in [1.807, 2.05) is 0 Å². The second-order valence-electron chi connectivity index (χ2n) is 6.30. The zero-order valence-corrected chi connectivity index (χ0v) is 12.6. The SMILES string of the molecule is CC1=CC(C)CC(C2CN=C(N)N2c2ccc(F)cc2)C1. The number of hydrogen-bond donors (Lipinski definition) is 1. The molecule has 0 spiro atoms. The Bertz CT molecular complexity index is 576. The normalized spacial score (nSPS) is 29.3. The molecule has 0 aromatic heterocycles. The molecule has 3 rings (SSSR count). The number of benzene rings is 1. The molecule has 0 amide bonds. The predicted octanol–water partition coefficient (Wildman–Crippen LogP) is 3.32. The molecule has 1 aromatic carbocycles. The van der Waals surface area contributed by atoms with Crippen LogP contribution in [-0.2, 0) is 0 Å². The Hall–Kier alpha value is -1.84. The summed E-state index contributed by atoms with van der Waals surface area (Å²) in [7, 11) is 0. The van der Waals surface area contributed by atoms with E-state index < -0.39 is 0 Å². The lowest BCUT2D eigenvalue weighted by Gasteiger charge is -2.36. The summed E-state index contributed by atoms with van der Waals surface area (Å²) in [6.45, 7) is 5.19. The first-order chi connectivity index (χ1) is 10.0. The first-order valence-corrected chi connectivity index (χ1v) is 7.56. The fourth-order valence-electron chi connectivity index (χ4n) is 3.69. The van der Waals surface area contributed by atoms with Crippen molar-refractivity contribution in [2.45, 2.75) is 32.7 Å². The average molecular weight is 287 g/mol. The molecular formula is C17H22FN3. The van der Waals surface area contributed by atoms with Gasteiger partial charge in [0.2, 0.25) is 0 Å². The molecule has 3 atom stereocenters. The lowest BCUT2D eigenvalue weighted by Crippen LogP contribution is -2.45. The monoisotopic (exact) mass is 287 g/mol. The van der Waals surface area contributed by atoms with Crippen molar-refractivity contribution in [1.82, 2.24) is 0 Å². The van der Waals surface area contributed by atoms with Crippen molar-refractivity contribution in [2.75, 3.05) is 11.4 Å². The van der Waals surface area contributed by atoms with Gasteiger partial charge in [-0.15, -0.1) is 0 Å². The molecular weight excluding hydrogens is 265 g/mol. The van der Waals surface area contributed by atoms with Crippen molar-refractivity contribution in [1.29, 1.82) is 0 Å². The van der Waals surface area contributed by atoms with E-state index in [0.29, 0.717) is 17.8 Å². The van der Waals surface area contributed by atoms with Crippen molar-refractivity contribution >= 4 is 11.6 Å². The van der Waals surface area contributed by atoms with Crippen molar-refractivity contribution in [2.24, 2.45) is 22.6 Å². The van der Waals surface area contributed by atoms with Crippen molar-refractivity contribution in [3.05, 3.63) is 41.7 Å². The summed E-state index contributed by atoms with van der Waals surface area (Å²) < 4.78 is 13.1. The maximum absolute atomic E-state index is 13.1. The standard InChI is InChI=1S/C17H22FN3/c1-11-7-12(2)9-13(8-11)16-10-20-17(19)21(16)15-5-3-14(18)4-6-15/h3-7,11,13,16H,8-10H2,1-2H3,(H2,19,20). The quantitative estimate of drug-likeness (QED) is 0.848. The van der Waals surface area contributed by atoms with Crippen LogP contribution >= 0.6 is 0 Å². The predicted molar refractivity (Wildman–Crippen MR) is 84.8 cm³/mol. The largest absolute Gasteiger partial charge is 0.370 e. The third kappa shape index (κ3) is 2.80. The van der Waals surface area contributed by atoms with Gasteiger partial charge < -0.3 is 10.6 Å². The van der Waals surface area contributed by atoms with Crippen LogP contribution in [0.4, 0.5) is 10.1 Å². The van der Waals surface area contributed by atoms with E-state index >= 15 is 0 Å². The van der Waals surface area contributed by atoms with Gasteiger partial charge in [-0.05, 0) is 55.9 Å². The molecule has 1 aliphatic carbocycles. The van der Waals surface area contributed by atoms with Crippen LogP contribution in [0, 0.1) is 17.7 Å². The number of nitrogens with zero attached hydrogens (tertiary/aromatic N) is 2. The van der Waals surface area contributed by atoms with Gasteiger partial charge in [0.05, 0.1) is 12.6 Å². The molecule has 2 aliphatic rings. The summed E-state index contributed by atoms with van der Waals surface area (Å²) in [5.41, 5.74) is 8.46. The summed E-state index contributed by atoms with van der Waals surface area (Å²) in [5.74, 6) is 1.46. The molecule has 1 aliphatic heterocycles. The molecule has 3 unspecified atom stereocenters. The number of aliphatic imine (C=N–C) groups is 1. The Labute approximate surface area is 125 Å². The van der Waals surface area contributed by atoms with Gasteiger partial charge in [0, 0.05) is 5.69 Å². The zero-order valence-electron chi connectivity index (χ0n) is 12.6. The van der Waals surface area contributed by atoms with E-state index in [1.54, 1.807) is 12.1 Å². The third-order valence-electron chi connectivity index (χ3n) is 4.50. The molecule has 2 N–H and O–H groups in total. The number of rotatable bonds is 2. The smallest absolute Gasteiger partial charge is 0.196 e. The molecule has 1 aromatic rings.